The number of carbonyl (C=O) groups is 2. The number of ether oxygens (including phenoxy) is 1. The van der Waals surface area contributed by atoms with E-state index in [2.05, 4.69) is 4.74 Å². The maximum absolute atomic E-state index is 11.4. The molecule has 92 valence electrons. The molecule has 0 heterocycles. The molecule has 0 aliphatic heterocycles. The molecule has 5 heteroatoms. The lowest BCUT2D eigenvalue weighted by Gasteiger charge is -2.08. The van der Waals surface area contributed by atoms with Crippen molar-refractivity contribution in [3.63, 3.8) is 0 Å². The van der Waals surface area contributed by atoms with E-state index in [1.165, 1.54) is 7.11 Å². The van der Waals surface area contributed by atoms with Crippen LogP contribution in [0.4, 0.5) is 0 Å². The molecule has 0 aromatic heterocycles. The molecule has 0 aromatic carbocycles. The zero-order valence-electron chi connectivity index (χ0n) is 9.86. The van der Waals surface area contributed by atoms with E-state index in [9.17, 15) is 14.7 Å². The van der Waals surface area contributed by atoms with Crippen LogP contribution in [0.1, 0.15) is 33.1 Å². The molecular formula is C11H18O4S. The van der Waals surface area contributed by atoms with Crippen molar-refractivity contribution < 1.29 is 19.4 Å². The lowest BCUT2D eigenvalue weighted by atomic mass is 10.0. The summed E-state index contributed by atoms with van der Waals surface area (Å²) < 4.78 is 4.31. The zero-order chi connectivity index (χ0) is 12.7. The summed E-state index contributed by atoms with van der Waals surface area (Å²) in [5, 5.41) is 9.24. The largest absolute Gasteiger partial charge is 0.467 e. The highest BCUT2D eigenvalue weighted by Gasteiger charge is 2.20. The van der Waals surface area contributed by atoms with Gasteiger partial charge in [0.05, 0.1) is 7.11 Å². The lowest BCUT2D eigenvalue weighted by Crippen LogP contribution is -2.25. The van der Waals surface area contributed by atoms with Gasteiger partial charge in [-0.25, -0.2) is 4.79 Å². The number of carbonyl (C=O) groups excluding carboxylic acids is 2. The van der Waals surface area contributed by atoms with Crippen LogP contribution in [0.5, 0.6) is 0 Å². The Hall–Kier alpha value is -0.810. The van der Waals surface area contributed by atoms with E-state index in [0.717, 1.165) is 0 Å². The van der Waals surface area contributed by atoms with Gasteiger partial charge in [-0.05, 0) is 12.3 Å². The lowest BCUT2D eigenvalue weighted by molar-refractivity contribution is -0.152. The van der Waals surface area contributed by atoms with Crippen LogP contribution in [0.2, 0.25) is 0 Å². The summed E-state index contributed by atoms with van der Waals surface area (Å²) in [5.74, 6) is -0.613. The first-order valence-corrected chi connectivity index (χ1v) is 5.57. The van der Waals surface area contributed by atoms with Gasteiger partial charge in [0, 0.05) is 17.7 Å². The highest BCUT2D eigenvalue weighted by Crippen LogP contribution is 2.07. The Morgan fingerprint density at radius 3 is 2.31 bits per heavy atom. The van der Waals surface area contributed by atoms with Crippen molar-refractivity contribution in [2.24, 2.45) is 5.92 Å². The van der Waals surface area contributed by atoms with Gasteiger partial charge >= 0.3 is 5.97 Å². The molecule has 0 saturated carbocycles. The fourth-order valence-electron chi connectivity index (χ4n) is 1.25. The molecule has 0 bridgehead atoms. The zero-order valence-corrected chi connectivity index (χ0v) is 10.7. The molecule has 0 unspecified atom stereocenters. The van der Waals surface area contributed by atoms with Gasteiger partial charge in [0.2, 0.25) is 0 Å². The van der Waals surface area contributed by atoms with Gasteiger partial charge in [-0.15, -0.1) is 0 Å². The Balaban J connectivity index is 3.99. The van der Waals surface area contributed by atoms with Crippen molar-refractivity contribution in [1.29, 1.82) is 0 Å². The molecule has 1 N–H and O–H groups in total. The van der Waals surface area contributed by atoms with Gasteiger partial charge in [-0.3, -0.25) is 4.79 Å². The SMILES string of the molecule is COC(=O)[C@H](O)CC(=O)CC(=S)CC(C)C. The molecule has 0 aromatic rings. The third kappa shape index (κ3) is 6.63. The van der Waals surface area contributed by atoms with Crippen LogP contribution in [0, 0.1) is 5.92 Å². The fraction of sp³-hybridized carbons (Fsp3) is 0.727. The molecule has 0 amide bonds. The van der Waals surface area contributed by atoms with Gasteiger partial charge in [0.15, 0.2) is 6.10 Å². The van der Waals surface area contributed by atoms with Crippen molar-refractivity contribution >= 4 is 28.8 Å². The first kappa shape index (κ1) is 15.2. The number of aliphatic hydroxyl groups excluding tert-OH is 1. The number of rotatable bonds is 7. The number of hydrogen-bond donors (Lipinski definition) is 1. The molecule has 1 atom stereocenters. The minimum atomic E-state index is -1.38. The van der Waals surface area contributed by atoms with E-state index < -0.39 is 12.1 Å². The number of ketones is 1. The molecule has 0 rings (SSSR count). The van der Waals surface area contributed by atoms with Gasteiger partial charge in [0.1, 0.15) is 5.78 Å². The van der Waals surface area contributed by atoms with Crippen LogP contribution >= 0.6 is 12.2 Å². The molecule has 0 aliphatic rings. The summed E-state index contributed by atoms with van der Waals surface area (Å²) in [6.07, 6.45) is -0.763. The van der Waals surface area contributed by atoms with Crippen molar-refractivity contribution in [2.45, 2.75) is 39.2 Å². The summed E-state index contributed by atoms with van der Waals surface area (Å²) in [7, 11) is 1.17. The predicted molar refractivity (Wildman–Crippen MR) is 64.3 cm³/mol. The summed E-state index contributed by atoms with van der Waals surface area (Å²) in [4.78, 5) is 22.9. The smallest absolute Gasteiger partial charge is 0.335 e. The second-order valence-electron chi connectivity index (χ2n) is 4.10. The van der Waals surface area contributed by atoms with Crippen LogP contribution in [-0.4, -0.2) is 34.9 Å². The highest BCUT2D eigenvalue weighted by molar-refractivity contribution is 7.80. The fourth-order valence-corrected chi connectivity index (χ4v) is 1.75. The highest BCUT2D eigenvalue weighted by atomic mass is 32.1. The average Bonchev–Trinajstić information content (AvgIpc) is 2.14. The van der Waals surface area contributed by atoms with Crippen LogP contribution in [0.3, 0.4) is 0 Å². The van der Waals surface area contributed by atoms with Crippen LogP contribution in [0.15, 0.2) is 0 Å². The van der Waals surface area contributed by atoms with E-state index in [1.54, 1.807) is 0 Å². The topological polar surface area (TPSA) is 63.6 Å². The summed E-state index contributed by atoms with van der Waals surface area (Å²) in [6, 6.07) is 0. The van der Waals surface area contributed by atoms with E-state index >= 15 is 0 Å². The number of hydrogen-bond acceptors (Lipinski definition) is 5. The van der Waals surface area contributed by atoms with Gasteiger partial charge < -0.3 is 9.84 Å². The quantitative estimate of drug-likeness (QED) is 0.541. The van der Waals surface area contributed by atoms with Crippen molar-refractivity contribution in [3.05, 3.63) is 0 Å². The number of Topliss-reactive ketones (excluding diaryl/α,β-unsaturated/α-hetero) is 1. The Kier molecular flexibility index (Phi) is 7.08. The molecule has 0 radical (unpaired) electrons. The first-order valence-electron chi connectivity index (χ1n) is 5.16. The second kappa shape index (κ2) is 7.46. The third-order valence-corrected chi connectivity index (χ3v) is 2.24. The Labute approximate surface area is 101 Å². The number of thiocarbonyl (C=S) groups is 1. The average molecular weight is 246 g/mol. The Bertz CT molecular complexity index is 273. The Morgan fingerprint density at radius 1 is 1.31 bits per heavy atom. The second-order valence-corrected chi connectivity index (χ2v) is 4.67. The molecule has 4 nitrogen and oxygen atoms in total. The number of aliphatic hydroxyl groups is 1. The van der Waals surface area contributed by atoms with Crippen LogP contribution in [-0.2, 0) is 14.3 Å². The molecule has 0 saturated heterocycles. The van der Waals surface area contributed by atoms with E-state index in [-0.39, 0.29) is 18.6 Å². The van der Waals surface area contributed by atoms with Crippen molar-refractivity contribution in [2.75, 3.05) is 7.11 Å². The van der Waals surface area contributed by atoms with Crippen LogP contribution < -0.4 is 0 Å². The summed E-state index contributed by atoms with van der Waals surface area (Å²) in [6.45, 7) is 4.03. The normalized spacial score (nSPS) is 12.3. The summed E-state index contributed by atoms with van der Waals surface area (Å²) in [5.41, 5.74) is 0. The maximum Gasteiger partial charge on any atom is 0.335 e. The molecule has 0 aliphatic carbocycles. The summed E-state index contributed by atoms with van der Waals surface area (Å²) >= 11 is 5.03. The van der Waals surface area contributed by atoms with Gasteiger partial charge in [-0.1, -0.05) is 26.1 Å². The third-order valence-electron chi connectivity index (χ3n) is 1.92. The predicted octanol–water partition coefficient (Wildman–Crippen LogP) is 1.29. The molecule has 16 heavy (non-hydrogen) atoms. The maximum atomic E-state index is 11.4. The minimum absolute atomic E-state index is 0.140. The molecular weight excluding hydrogens is 228 g/mol. The molecule has 0 spiro atoms. The number of methoxy groups -OCH3 is 1. The Morgan fingerprint density at radius 2 is 1.88 bits per heavy atom. The van der Waals surface area contributed by atoms with Crippen molar-refractivity contribution in [1.82, 2.24) is 0 Å². The monoisotopic (exact) mass is 246 g/mol. The molecule has 0 fully saturated rings. The van der Waals surface area contributed by atoms with E-state index in [0.29, 0.717) is 17.2 Å². The van der Waals surface area contributed by atoms with E-state index in [4.69, 9.17) is 12.2 Å². The standard InChI is InChI=1S/C11H18O4S/c1-7(2)4-9(16)5-8(12)6-10(13)11(14)15-3/h7,10,13H,4-6H2,1-3H3/t10-/m1/s1. The number of esters is 1. The first-order chi connectivity index (χ1) is 7.36. The van der Waals surface area contributed by atoms with Gasteiger partial charge in [-0.2, -0.15) is 0 Å². The van der Waals surface area contributed by atoms with E-state index in [1.807, 2.05) is 13.8 Å². The van der Waals surface area contributed by atoms with Gasteiger partial charge in [0.25, 0.3) is 0 Å². The van der Waals surface area contributed by atoms with Crippen molar-refractivity contribution in [3.8, 4) is 0 Å². The van der Waals surface area contributed by atoms with Crippen LogP contribution in [0.25, 0.3) is 0 Å². The minimum Gasteiger partial charge on any atom is -0.467 e.